The Bertz CT molecular complexity index is 1120. The second-order valence-corrected chi connectivity index (χ2v) is 9.17. The minimum Gasteiger partial charge on any atom is -0.506 e. The Balaban J connectivity index is 1.93. The van der Waals surface area contributed by atoms with Gasteiger partial charge in [-0.2, -0.15) is 13.7 Å². The van der Waals surface area contributed by atoms with Crippen LogP contribution in [0.5, 0.6) is 11.5 Å². The fourth-order valence-corrected chi connectivity index (χ4v) is 4.19. The van der Waals surface area contributed by atoms with Gasteiger partial charge in [0, 0.05) is 11.8 Å². The number of phenolic OH excluding ortho intramolecular Hbond substituents is 1. The molecule has 1 aliphatic heterocycles. The Hall–Kier alpha value is -3.06. The Labute approximate surface area is 167 Å². The fraction of sp³-hybridized carbons (Fsp3) is 0.368. The average Bonchev–Trinajstić information content (AvgIpc) is 2.87. The summed E-state index contributed by atoms with van der Waals surface area (Å²) in [4.78, 5) is 11.5. The molecule has 1 fully saturated rings. The van der Waals surface area contributed by atoms with E-state index in [1.165, 1.54) is 12.1 Å². The number of fused-ring (bicyclic) bond motifs is 1. The molecule has 2 aromatic carbocycles. The van der Waals surface area contributed by atoms with Crippen LogP contribution in [0, 0.1) is 22.6 Å². The van der Waals surface area contributed by atoms with E-state index < -0.39 is 39.9 Å². The number of carbonyl (C=O) groups is 1. The molecule has 1 amide bonds. The zero-order chi connectivity index (χ0) is 21.4. The zero-order valence-corrected chi connectivity index (χ0v) is 16.7. The predicted octanol–water partition coefficient (Wildman–Crippen LogP) is 2.57. The summed E-state index contributed by atoms with van der Waals surface area (Å²) in [6, 6.07) is 7.91. The van der Waals surface area contributed by atoms with E-state index in [0.29, 0.717) is 34.9 Å². The van der Waals surface area contributed by atoms with Crippen LogP contribution in [-0.4, -0.2) is 32.6 Å². The molecule has 10 heteroatoms. The molecular formula is C19H20FN3O5S. The van der Waals surface area contributed by atoms with E-state index in [9.17, 15) is 18.3 Å². The predicted molar refractivity (Wildman–Crippen MR) is 104 cm³/mol. The number of phenols is 1. The van der Waals surface area contributed by atoms with Crippen molar-refractivity contribution in [2.75, 3.05) is 17.5 Å². The lowest BCUT2D eigenvalue weighted by atomic mass is 9.87. The van der Waals surface area contributed by atoms with Gasteiger partial charge in [-0.15, -0.1) is 0 Å². The highest BCUT2D eigenvalue weighted by Gasteiger charge is 2.37. The lowest BCUT2D eigenvalue weighted by Crippen LogP contribution is -2.30. The normalized spacial score (nSPS) is 15.9. The molecule has 1 saturated heterocycles. The van der Waals surface area contributed by atoms with Gasteiger partial charge < -0.3 is 9.84 Å². The number of benzene rings is 2. The number of hydrogen-bond acceptors (Lipinski definition) is 6. The van der Waals surface area contributed by atoms with Crippen LogP contribution in [0.2, 0.25) is 0 Å². The molecule has 0 radical (unpaired) electrons. The highest BCUT2D eigenvalue weighted by Crippen LogP contribution is 2.39. The number of amides is 1. The van der Waals surface area contributed by atoms with Crippen molar-refractivity contribution in [1.29, 1.82) is 5.26 Å². The molecule has 8 nitrogen and oxygen atoms in total. The van der Waals surface area contributed by atoms with E-state index in [4.69, 9.17) is 10.00 Å². The molecule has 0 atom stereocenters. The Morgan fingerprint density at radius 3 is 2.72 bits per heavy atom. The summed E-state index contributed by atoms with van der Waals surface area (Å²) in [6.07, 6.45) is 0.990. The van der Waals surface area contributed by atoms with Gasteiger partial charge in [0.05, 0.1) is 12.7 Å². The van der Waals surface area contributed by atoms with Crippen LogP contribution in [0.1, 0.15) is 26.7 Å². The second kappa shape index (κ2) is 7.40. The second-order valence-electron chi connectivity index (χ2n) is 7.58. The maximum atomic E-state index is 15.1. The molecule has 0 saturated carbocycles. The Morgan fingerprint density at radius 2 is 2.10 bits per heavy atom. The number of aromatic hydroxyl groups is 1. The van der Waals surface area contributed by atoms with E-state index in [1.807, 2.05) is 13.8 Å². The van der Waals surface area contributed by atoms with Gasteiger partial charge in [-0.3, -0.25) is 4.79 Å². The topological polar surface area (TPSA) is 120 Å². The largest absolute Gasteiger partial charge is 0.506 e. The summed E-state index contributed by atoms with van der Waals surface area (Å²) in [5, 5.41) is 19.4. The minimum atomic E-state index is -4.27. The molecule has 0 bridgehead atoms. The van der Waals surface area contributed by atoms with Crippen LogP contribution >= 0.6 is 0 Å². The van der Waals surface area contributed by atoms with Crippen LogP contribution in [-0.2, 0) is 15.0 Å². The van der Waals surface area contributed by atoms with Gasteiger partial charge in [-0.25, -0.2) is 13.4 Å². The monoisotopic (exact) mass is 421 g/mol. The molecule has 0 spiro atoms. The van der Waals surface area contributed by atoms with Crippen molar-refractivity contribution in [3.63, 3.8) is 0 Å². The third-order valence-corrected chi connectivity index (χ3v) is 6.06. The van der Waals surface area contributed by atoms with E-state index in [-0.39, 0.29) is 10.8 Å². The zero-order valence-electron chi connectivity index (χ0n) is 15.9. The number of rotatable bonds is 6. The quantitative estimate of drug-likeness (QED) is 0.740. The van der Waals surface area contributed by atoms with Crippen molar-refractivity contribution in [2.24, 2.45) is 5.41 Å². The highest BCUT2D eigenvalue weighted by atomic mass is 32.2. The molecule has 1 heterocycles. The van der Waals surface area contributed by atoms with Crippen LogP contribution in [0.25, 0.3) is 10.8 Å². The summed E-state index contributed by atoms with van der Waals surface area (Å²) >= 11 is 0. The molecule has 154 valence electrons. The number of hydrogen-bond donors (Lipinski definition) is 2. The van der Waals surface area contributed by atoms with Crippen LogP contribution in [0.3, 0.4) is 0 Å². The summed E-state index contributed by atoms with van der Waals surface area (Å²) in [6.45, 7) is 3.58. The van der Waals surface area contributed by atoms with E-state index in [0.717, 1.165) is 0 Å². The van der Waals surface area contributed by atoms with Crippen molar-refractivity contribution in [1.82, 2.24) is 4.72 Å². The van der Waals surface area contributed by atoms with E-state index in [2.05, 4.69) is 6.07 Å². The summed E-state index contributed by atoms with van der Waals surface area (Å²) in [5.41, 5.74) is -0.817. The summed E-state index contributed by atoms with van der Waals surface area (Å²) in [7, 11) is -4.27. The third-order valence-electron chi connectivity index (χ3n) is 4.68. The molecule has 2 aromatic rings. The number of halogens is 1. The lowest BCUT2D eigenvalue weighted by molar-refractivity contribution is -0.117. The van der Waals surface area contributed by atoms with Crippen molar-refractivity contribution in [3.8, 4) is 17.6 Å². The first-order chi connectivity index (χ1) is 13.5. The number of nitrogens with zero attached hydrogens (tertiary/aromatic N) is 2. The van der Waals surface area contributed by atoms with Crippen LogP contribution < -0.4 is 13.8 Å². The first-order valence-electron chi connectivity index (χ1n) is 8.82. The van der Waals surface area contributed by atoms with E-state index >= 15 is 4.39 Å². The molecule has 2 N–H and O–H groups in total. The maximum Gasteiger partial charge on any atom is 0.326 e. The van der Waals surface area contributed by atoms with E-state index in [1.54, 1.807) is 16.9 Å². The average molecular weight is 421 g/mol. The number of nitrogens with one attached hydrogen (secondary N) is 1. The smallest absolute Gasteiger partial charge is 0.326 e. The number of anilines is 1. The molecule has 0 aromatic heterocycles. The van der Waals surface area contributed by atoms with Crippen LogP contribution in [0.4, 0.5) is 10.1 Å². The van der Waals surface area contributed by atoms with Crippen molar-refractivity contribution in [2.45, 2.75) is 26.7 Å². The van der Waals surface area contributed by atoms with Gasteiger partial charge in [-0.05, 0) is 35.4 Å². The molecule has 1 aliphatic rings. The Kier molecular flexibility index (Phi) is 5.28. The van der Waals surface area contributed by atoms with Gasteiger partial charge in [0.2, 0.25) is 0 Å². The minimum absolute atomic E-state index is 0.0427. The van der Waals surface area contributed by atoms with Crippen LogP contribution in [0.15, 0.2) is 24.3 Å². The number of ether oxygens (including phenoxy) is 1. The standard InChI is InChI=1S/C19H20FN3O5S/c1-19(2,5-7-21)6-8-28-13-4-3-12-9-15(24)18(17(20)14(12)10-13)23-11-16(25)22-29(23,26)27/h3-4,9-10,24H,5-6,8,11H2,1-2H3,(H,22,25). The first-order valence-corrected chi connectivity index (χ1v) is 10.3. The van der Waals surface area contributed by atoms with Crippen molar-refractivity contribution >= 4 is 32.6 Å². The molecule has 0 aliphatic carbocycles. The maximum absolute atomic E-state index is 15.1. The van der Waals surface area contributed by atoms with Crippen molar-refractivity contribution in [3.05, 3.63) is 30.1 Å². The number of nitriles is 1. The van der Waals surface area contributed by atoms with Gasteiger partial charge in [0.15, 0.2) is 5.82 Å². The van der Waals surface area contributed by atoms with Gasteiger partial charge in [0.1, 0.15) is 23.7 Å². The van der Waals surface area contributed by atoms with Gasteiger partial charge >= 0.3 is 10.2 Å². The summed E-state index contributed by atoms with van der Waals surface area (Å²) in [5.74, 6) is -2.03. The molecular weight excluding hydrogens is 401 g/mol. The SMILES string of the molecule is CC(C)(CC#N)CCOc1ccc2cc(O)c(N3CC(=O)NS3(=O)=O)c(F)c2c1. The lowest BCUT2D eigenvalue weighted by Gasteiger charge is -2.21. The summed E-state index contributed by atoms with van der Waals surface area (Å²) < 4.78 is 47.1. The first kappa shape index (κ1) is 20.7. The van der Waals surface area contributed by atoms with Crippen molar-refractivity contribution < 1.29 is 27.4 Å². The van der Waals surface area contributed by atoms with Gasteiger partial charge in [-0.1, -0.05) is 19.9 Å². The highest BCUT2D eigenvalue weighted by molar-refractivity contribution is 7.92. The number of carbonyl (C=O) groups excluding carboxylic acids is 1. The molecule has 29 heavy (non-hydrogen) atoms. The molecule has 0 unspecified atom stereocenters. The Morgan fingerprint density at radius 1 is 1.38 bits per heavy atom. The van der Waals surface area contributed by atoms with Gasteiger partial charge in [0.25, 0.3) is 5.91 Å². The third kappa shape index (κ3) is 4.19. The molecule has 3 rings (SSSR count). The fourth-order valence-electron chi connectivity index (χ4n) is 3.03.